The zero-order valence-electron chi connectivity index (χ0n) is 15.3. The van der Waals surface area contributed by atoms with Crippen molar-refractivity contribution < 1.29 is 23.5 Å². The maximum absolute atomic E-state index is 12.4. The summed E-state index contributed by atoms with van der Waals surface area (Å²) in [4.78, 5) is 36.0. The second-order valence-electron chi connectivity index (χ2n) is 7.33. The van der Waals surface area contributed by atoms with Crippen molar-refractivity contribution in [3.63, 3.8) is 0 Å². The Morgan fingerprint density at radius 2 is 1.81 bits per heavy atom. The van der Waals surface area contributed by atoms with Crippen molar-refractivity contribution in [2.45, 2.75) is 38.7 Å². The summed E-state index contributed by atoms with van der Waals surface area (Å²) in [6.45, 7) is 5.02. The van der Waals surface area contributed by atoms with Gasteiger partial charge in [0.25, 0.3) is 0 Å². The van der Waals surface area contributed by atoms with Gasteiger partial charge in [0.15, 0.2) is 5.78 Å². The lowest BCUT2D eigenvalue weighted by atomic mass is 9.86. The van der Waals surface area contributed by atoms with Gasteiger partial charge in [0.05, 0.1) is 17.2 Å². The van der Waals surface area contributed by atoms with Crippen LogP contribution in [0.25, 0.3) is 11.3 Å². The van der Waals surface area contributed by atoms with Gasteiger partial charge in [-0.3, -0.25) is 9.59 Å². The van der Waals surface area contributed by atoms with E-state index in [9.17, 15) is 14.4 Å². The van der Waals surface area contributed by atoms with Gasteiger partial charge in [-0.2, -0.15) is 0 Å². The number of carbonyl (C=O) groups is 3. The third-order valence-electron chi connectivity index (χ3n) is 4.99. The quantitative estimate of drug-likeness (QED) is 0.666. The van der Waals surface area contributed by atoms with Crippen LogP contribution in [0.2, 0.25) is 0 Å². The largest absolute Gasteiger partial charge is 0.460 e. The normalized spacial score (nSPS) is 20.9. The molecule has 4 rings (SSSR count). The van der Waals surface area contributed by atoms with Crippen molar-refractivity contribution in [2.75, 3.05) is 0 Å². The molecule has 0 fully saturated rings. The molecule has 0 saturated carbocycles. The Labute approximate surface area is 156 Å². The standard InChI is InChI=1S/C21H19NO5/c1-11(23)12-4-6-13(7-5-12)15-8-9-16(26-15)14-10-17(24)22-19-18(14)20(25)27-21(19,2)3/h4-9,14H,10H2,1-3H3,(H,22,24)/t14-/m0/s1. The zero-order valence-corrected chi connectivity index (χ0v) is 15.3. The Hall–Kier alpha value is -3.15. The molecule has 0 unspecified atom stereocenters. The molecule has 1 aromatic carbocycles. The van der Waals surface area contributed by atoms with Gasteiger partial charge in [0.1, 0.15) is 17.1 Å². The van der Waals surface area contributed by atoms with E-state index >= 15 is 0 Å². The maximum atomic E-state index is 12.4. The van der Waals surface area contributed by atoms with Crippen molar-refractivity contribution in [3.8, 4) is 11.3 Å². The number of esters is 1. The summed E-state index contributed by atoms with van der Waals surface area (Å²) in [7, 11) is 0. The summed E-state index contributed by atoms with van der Waals surface area (Å²) in [5, 5.41) is 2.78. The Kier molecular flexibility index (Phi) is 3.80. The van der Waals surface area contributed by atoms with E-state index < -0.39 is 17.5 Å². The molecule has 1 amide bonds. The molecule has 3 heterocycles. The van der Waals surface area contributed by atoms with Crippen molar-refractivity contribution in [2.24, 2.45) is 0 Å². The van der Waals surface area contributed by atoms with Crippen LogP contribution in [0.3, 0.4) is 0 Å². The fraction of sp³-hybridized carbons (Fsp3) is 0.286. The molecule has 2 aromatic rings. The number of nitrogens with one attached hydrogen (secondary N) is 1. The van der Waals surface area contributed by atoms with Crippen LogP contribution in [-0.2, 0) is 14.3 Å². The fourth-order valence-corrected chi connectivity index (χ4v) is 3.58. The highest BCUT2D eigenvalue weighted by Gasteiger charge is 2.48. The molecule has 1 N–H and O–H groups in total. The Bertz CT molecular complexity index is 994. The third-order valence-corrected chi connectivity index (χ3v) is 4.99. The number of Topliss-reactive ketones (excluding diaryl/α,β-unsaturated/α-hetero) is 1. The van der Waals surface area contributed by atoms with Crippen molar-refractivity contribution >= 4 is 17.7 Å². The van der Waals surface area contributed by atoms with Gasteiger partial charge < -0.3 is 14.5 Å². The summed E-state index contributed by atoms with van der Waals surface area (Å²) in [5.41, 5.74) is 1.54. The maximum Gasteiger partial charge on any atom is 0.337 e. The number of carbonyl (C=O) groups excluding carboxylic acids is 3. The van der Waals surface area contributed by atoms with Gasteiger partial charge in [-0.15, -0.1) is 0 Å². The minimum absolute atomic E-state index is 0.00303. The summed E-state index contributed by atoms with van der Waals surface area (Å²) in [5.74, 6) is 0.0687. The molecule has 0 saturated heterocycles. The SMILES string of the molecule is CC(=O)c1ccc(-c2ccc([C@@H]3CC(=O)NC4=C3C(=O)OC4(C)C)o2)cc1. The van der Waals surface area contributed by atoms with E-state index in [0.29, 0.717) is 28.4 Å². The van der Waals surface area contributed by atoms with E-state index in [4.69, 9.17) is 9.15 Å². The molecule has 0 spiro atoms. The number of cyclic esters (lactones) is 1. The monoisotopic (exact) mass is 365 g/mol. The van der Waals surface area contributed by atoms with Gasteiger partial charge in [-0.1, -0.05) is 24.3 Å². The van der Waals surface area contributed by atoms with Crippen molar-refractivity contribution in [1.29, 1.82) is 0 Å². The molecule has 6 heteroatoms. The first kappa shape index (κ1) is 17.3. The molecule has 2 aliphatic heterocycles. The van der Waals surface area contributed by atoms with Gasteiger partial charge in [-0.05, 0) is 32.9 Å². The van der Waals surface area contributed by atoms with E-state index in [0.717, 1.165) is 5.56 Å². The average Bonchev–Trinajstić information content (AvgIpc) is 3.18. The van der Waals surface area contributed by atoms with Crippen LogP contribution < -0.4 is 5.32 Å². The van der Waals surface area contributed by atoms with Crippen LogP contribution in [0, 0.1) is 0 Å². The van der Waals surface area contributed by atoms with Gasteiger partial charge >= 0.3 is 5.97 Å². The molecule has 1 aromatic heterocycles. The summed E-state index contributed by atoms with van der Waals surface area (Å²) in [6.07, 6.45) is 0.125. The van der Waals surface area contributed by atoms with Crippen LogP contribution in [0.5, 0.6) is 0 Å². The second-order valence-corrected chi connectivity index (χ2v) is 7.33. The number of rotatable bonds is 3. The number of hydrogen-bond acceptors (Lipinski definition) is 5. The Morgan fingerprint density at radius 1 is 1.11 bits per heavy atom. The lowest BCUT2D eigenvalue weighted by Crippen LogP contribution is -2.38. The average molecular weight is 365 g/mol. The lowest BCUT2D eigenvalue weighted by Gasteiger charge is -2.26. The minimum Gasteiger partial charge on any atom is -0.460 e. The van der Waals surface area contributed by atoms with Crippen LogP contribution in [0.4, 0.5) is 0 Å². The molecular weight excluding hydrogens is 346 g/mol. The molecule has 2 aliphatic rings. The highest BCUT2D eigenvalue weighted by molar-refractivity contribution is 5.99. The predicted octanol–water partition coefficient (Wildman–Crippen LogP) is 3.34. The predicted molar refractivity (Wildman–Crippen MR) is 96.8 cm³/mol. The number of amides is 1. The number of ether oxygens (including phenoxy) is 1. The molecule has 0 bridgehead atoms. The van der Waals surface area contributed by atoms with Gasteiger partial charge in [0.2, 0.25) is 5.91 Å². The number of hydrogen-bond donors (Lipinski definition) is 1. The number of benzene rings is 1. The van der Waals surface area contributed by atoms with Crippen LogP contribution in [0.15, 0.2) is 52.1 Å². The third kappa shape index (κ3) is 2.87. The lowest BCUT2D eigenvalue weighted by molar-refractivity contribution is -0.144. The molecule has 0 aliphatic carbocycles. The number of ketones is 1. The van der Waals surface area contributed by atoms with Crippen LogP contribution in [-0.4, -0.2) is 23.3 Å². The smallest absolute Gasteiger partial charge is 0.337 e. The highest BCUT2D eigenvalue weighted by Crippen LogP contribution is 2.43. The molecule has 27 heavy (non-hydrogen) atoms. The Balaban J connectivity index is 1.70. The van der Waals surface area contributed by atoms with Crippen LogP contribution in [0.1, 0.15) is 49.2 Å². The van der Waals surface area contributed by atoms with E-state index in [1.165, 1.54) is 6.92 Å². The highest BCUT2D eigenvalue weighted by atomic mass is 16.6. The number of furan rings is 1. The van der Waals surface area contributed by atoms with Crippen molar-refractivity contribution in [1.82, 2.24) is 5.32 Å². The minimum atomic E-state index is -0.862. The zero-order chi connectivity index (χ0) is 19.3. The topological polar surface area (TPSA) is 85.6 Å². The fourth-order valence-electron chi connectivity index (χ4n) is 3.58. The van der Waals surface area contributed by atoms with E-state index in [1.54, 1.807) is 38.1 Å². The second kappa shape index (κ2) is 5.94. The van der Waals surface area contributed by atoms with E-state index in [-0.39, 0.29) is 18.1 Å². The molecule has 138 valence electrons. The van der Waals surface area contributed by atoms with Gasteiger partial charge in [0, 0.05) is 17.5 Å². The van der Waals surface area contributed by atoms with E-state index in [1.807, 2.05) is 12.1 Å². The molecule has 6 nitrogen and oxygen atoms in total. The molecule has 0 radical (unpaired) electrons. The summed E-state index contributed by atoms with van der Waals surface area (Å²) in [6, 6.07) is 10.7. The summed E-state index contributed by atoms with van der Waals surface area (Å²) < 4.78 is 11.4. The first-order valence-corrected chi connectivity index (χ1v) is 8.75. The van der Waals surface area contributed by atoms with Crippen LogP contribution >= 0.6 is 0 Å². The first-order chi connectivity index (χ1) is 12.8. The summed E-state index contributed by atoms with van der Waals surface area (Å²) >= 11 is 0. The molecule has 1 atom stereocenters. The first-order valence-electron chi connectivity index (χ1n) is 8.75. The van der Waals surface area contributed by atoms with Gasteiger partial charge in [-0.25, -0.2) is 4.79 Å². The van der Waals surface area contributed by atoms with E-state index in [2.05, 4.69) is 5.32 Å². The molecular formula is C21H19NO5. The Morgan fingerprint density at radius 3 is 2.48 bits per heavy atom. The van der Waals surface area contributed by atoms with Crippen molar-refractivity contribution in [3.05, 3.63) is 59.0 Å².